The summed E-state index contributed by atoms with van der Waals surface area (Å²) in [6, 6.07) is 0.129. The number of hydrogen-bond donors (Lipinski definition) is 2. The van der Waals surface area contributed by atoms with E-state index in [2.05, 4.69) is 48.2 Å². The smallest absolute Gasteiger partial charge is 0.243 e. The molecule has 18 heavy (non-hydrogen) atoms. The van der Waals surface area contributed by atoms with E-state index in [1.165, 1.54) is 0 Å². The first-order valence-electron chi connectivity index (χ1n) is 6.78. The second kappa shape index (κ2) is 7.26. The molecular formula is C13H25N5. The van der Waals surface area contributed by atoms with Gasteiger partial charge in [-0.15, -0.1) is 5.10 Å². The summed E-state index contributed by atoms with van der Waals surface area (Å²) in [5, 5.41) is 11.4. The zero-order chi connectivity index (χ0) is 13.5. The van der Waals surface area contributed by atoms with Gasteiger partial charge in [0.2, 0.25) is 5.95 Å². The third-order valence-corrected chi connectivity index (χ3v) is 2.81. The topological polar surface area (TPSA) is 76.7 Å². The van der Waals surface area contributed by atoms with E-state index in [1.807, 2.05) is 0 Å². The van der Waals surface area contributed by atoms with Crippen LogP contribution in [-0.2, 0) is 12.8 Å². The Morgan fingerprint density at radius 2 is 1.78 bits per heavy atom. The van der Waals surface area contributed by atoms with Crippen LogP contribution in [0.25, 0.3) is 0 Å². The van der Waals surface area contributed by atoms with Gasteiger partial charge in [0.15, 0.2) is 0 Å². The van der Waals surface area contributed by atoms with Gasteiger partial charge in [-0.3, -0.25) is 0 Å². The fraction of sp³-hybridized carbons (Fsp3) is 0.769. The Kier molecular flexibility index (Phi) is 5.98. The van der Waals surface area contributed by atoms with E-state index < -0.39 is 0 Å². The highest BCUT2D eigenvalue weighted by Crippen LogP contribution is 2.07. The molecule has 102 valence electrons. The molecule has 0 fully saturated rings. The van der Waals surface area contributed by atoms with Gasteiger partial charge >= 0.3 is 0 Å². The number of aryl methyl sites for hydroxylation is 2. The number of anilines is 1. The molecule has 0 saturated heterocycles. The van der Waals surface area contributed by atoms with Crippen molar-refractivity contribution in [1.82, 2.24) is 15.2 Å². The van der Waals surface area contributed by atoms with E-state index in [-0.39, 0.29) is 6.04 Å². The summed E-state index contributed by atoms with van der Waals surface area (Å²) in [5.74, 6) is 1.19. The summed E-state index contributed by atoms with van der Waals surface area (Å²) < 4.78 is 0. The highest BCUT2D eigenvalue weighted by atomic mass is 15.2. The molecular weight excluding hydrogens is 226 g/mol. The molecule has 1 aromatic heterocycles. The van der Waals surface area contributed by atoms with Crippen molar-refractivity contribution in [2.45, 2.75) is 53.0 Å². The lowest BCUT2D eigenvalue weighted by Gasteiger charge is -2.15. The van der Waals surface area contributed by atoms with Crippen LogP contribution >= 0.6 is 0 Å². The van der Waals surface area contributed by atoms with Crippen LogP contribution in [0, 0.1) is 5.92 Å². The van der Waals surface area contributed by atoms with Gasteiger partial charge in [-0.1, -0.05) is 27.7 Å². The molecule has 0 saturated carbocycles. The average molecular weight is 251 g/mol. The molecule has 0 amide bonds. The maximum Gasteiger partial charge on any atom is 0.243 e. The highest BCUT2D eigenvalue weighted by Gasteiger charge is 2.08. The van der Waals surface area contributed by atoms with Gasteiger partial charge in [-0.2, -0.15) is 5.10 Å². The largest absolute Gasteiger partial charge is 0.351 e. The Hall–Kier alpha value is -1.23. The van der Waals surface area contributed by atoms with E-state index in [0.717, 1.165) is 30.7 Å². The quantitative estimate of drug-likeness (QED) is 0.772. The Balaban J connectivity index is 2.57. The monoisotopic (exact) mass is 251 g/mol. The predicted octanol–water partition coefficient (Wildman–Crippen LogP) is 1.78. The van der Waals surface area contributed by atoms with Gasteiger partial charge in [0.05, 0.1) is 11.4 Å². The Bertz CT molecular complexity index is 364. The maximum atomic E-state index is 6.01. The van der Waals surface area contributed by atoms with Crippen molar-refractivity contribution in [2.75, 3.05) is 11.9 Å². The van der Waals surface area contributed by atoms with Crippen molar-refractivity contribution >= 4 is 5.95 Å². The fourth-order valence-electron chi connectivity index (χ4n) is 1.92. The molecule has 0 aliphatic heterocycles. The van der Waals surface area contributed by atoms with Crippen LogP contribution in [-0.4, -0.2) is 27.8 Å². The summed E-state index contributed by atoms with van der Waals surface area (Å²) in [7, 11) is 0. The van der Waals surface area contributed by atoms with Crippen molar-refractivity contribution < 1.29 is 0 Å². The second-order valence-electron chi connectivity index (χ2n) is 5.01. The van der Waals surface area contributed by atoms with Crippen molar-refractivity contribution in [2.24, 2.45) is 11.7 Å². The van der Waals surface area contributed by atoms with Gasteiger partial charge in [0, 0.05) is 12.6 Å². The molecule has 1 atom stereocenters. The Labute approximate surface area is 110 Å². The van der Waals surface area contributed by atoms with Gasteiger partial charge in [-0.25, -0.2) is 4.98 Å². The van der Waals surface area contributed by atoms with Gasteiger partial charge in [-0.05, 0) is 25.2 Å². The third kappa shape index (κ3) is 4.56. The lowest BCUT2D eigenvalue weighted by Crippen LogP contribution is -2.31. The Morgan fingerprint density at radius 3 is 2.33 bits per heavy atom. The van der Waals surface area contributed by atoms with Crippen LogP contribution in [0.3, 0.4) is 0 Å². The summed E-state index contributed by atoms with van der Waals surface area (Å²) in [4.78, 5) is 4.47. The van der Waals surface area contributed by atoms with Crippen molar-refractivity contribution in [3.05, 3.63) is 11.4 Å². The van der Waals surface area contributed by atoms with Crippen molar-refractivity contribution in [3.63, 3.8) is 0 Å². The number of nitrogens with zero attached hydrogens (tertiary/aromatic N) is 3. The van der Waals surface area contributed by atoms with E-state index in [4.69, 9.17) is 5.73 Å². The molecule has 5 heteroatoms. The van der Waals surface area contributed by atoms with Crippen molar-refractivity contribution in [1.29, 1.82) is 0 Å². The SMILES string of the molecule is CCc1nnc(NCC(N)CC(C)C)nc1CC. The van der Waals surface area contributed by atoms with Crippen LogP contribution in [0.4, 0.5) is 5.95 Å². The summed E-state index contributed by atoms with van der Waals surface area (Å²) in [5.41, 5.74) is 8.01. The molecule has 1 rings (SSSR count). The number of rotatable bonds is 7. The second-order valence-corrected chi connectivity index (χ2v) is 5.01. The lowest BCUT2D eigenvalue weighted by atomic mass is 10.0. The summed E-state index contributed by atoms with van der Waals surface area (Å²) >= 11 is 0. The normalized spacial score (nSPS) is 12.8. The molecule has 0 aromatic carbocycles. The highest BCUT2D eigenvalue weighted by molar-refractivity contribution is 5.26. The summed E-state index contributed by atoms with van der Waals surface area (Å²) in [6.07, 6.45) is 2.75. The Morgan fingerprint density at radius 1 is 1.11 bits per heavy atom. The minimum atomic E-state index is 0.129. The van der Waals surface area contributed by atoms with Gasteiger partial charge in [0.1, 0.15) is 0 Å². The summed E-state index contributed by atoms with van der Waals surface area (Å²) in [6.45, 7) is 9.18. The molecule has 0 bridgehead atoms. The first-order chi connectivity index (χ1) is 8.56. The zero-order valence-corrected chi connectivity index (χ0v) is 11.9. The predicted molar refractivity (Wildman–Crippen MR) is 74.5 cm³/mol. The molecule has 1 aromatic rings. The molecule has 0 radical (unpaired) electrons. The fourth-order valence-corrected chi connectivity index (χ4v) is 1.92. The van der Waals surface area contributed by atoms with E-state index >= 15 is 0 Å². The first kappa shape index (κ1) is 14.8. The standard InChI is InChI=1S/C13H25N5/c1-5-11-12(6-2)17-18-13(16-11)15-8-10(14)7-9(3)4/h9-10H,5-8,14H2,1-4H3,(H,15,16,18). The maximum absolute atomic E-state index is 6.01. The van der Waals surface area contributed by atoms with Crippen LogP contribution in [0.1, 0.15) is 45.5 Å². The van der Waals surface area contributed by atoms with E-state index in [0.29, 0.717) is 18.4 Å². The molecule has 0 aliphatic rings. The molecule has 0 aliphatic carbocycles. The lowest BCUT2D eigenvalue weighted by molar-refractivity contribution is 0.507. The molecule has 3 N–H and O–H groups in total. The molecule has 0 spiro atoms. The third-order valence-electron chi connectivity index (χ3n) is 2.81. The number of hydrogen-bond acceptors (Lipinski definition) is 5. The minimum absolute atomic E-state index is 0.129. The van der Waals surface area contributed by atoms with E-state index in [9.17, 15) is 0 Å². The minimum Gasteiger partial charge on any atom is -0.351 e. The first-order valence-corrected chi connectivity index (χ1v) is 6.78. The van der Waals surface area contributed by atoms with Crippen LogP contribution in [0.15, 0.2) is 0 Å². The van der Waals surface area contributed by atoms with Gasteiger partial charge in [0.25, 0.3) is 0 Å². The van der Waals surface area contributed by atoms with Gasteiger partial charge < -0.3 is 11.1 Å². The van der Waals surface area contributed by atoms with E-state index in [1.54, 1.807) is 0 Å². The number of aromatic nitrogens is 3. The van der Waals surface area contributed by atoms with Crippen LogP contribution < -0.4 is 11.1 Å². The van der Waals surface area contributed by atoms with Crippen LogP contribution in [0.2, 0.25) is 0 Å². The average Bonchev–Trinajstić information content (AvgIpc) is 2.35. The van der Waals surface area contributed by atoms with Crippen molar-refractivity contribution in [3.8, 4) is 0 Å². The molecule has 1 unspecified atom stereocenters. The number of nitrogens with one attached hydrogen (secondary N) is 1. The number of nitrogens with two attached hydrogens (primary N) is 1. The zero-order valence-electron chi connectivity index (χ0n) is 11.9. The molecule has 5 nitrogen and oxygen atoms in total. The molecule has 1 heterocycles. The van der Waals surface area contributed by atoms with Crippen LogP contribution in [0.5, 0.6) is 0 Å².